The van der Waals surface area contributed by atoms with Crippen molar-refractivity contribution in [3.63, 3.8) is 0 Å². The Morgan fingerprint density at radius 2 is 2.15 bits per heavy atom. The van der Waals surface area contributed by atoms with Crippen LogP contribution in [0.15, 0.2) is 18.7 Å². The minimum Gasteiger partial charge on any atom is -0.290 e. The van der Waals surface area contributed by atoms with E-state index in [2.05, 4.69) is 6.58 Å². The van der Waals surface area contributed by atoms with Gasteiger partial charge >= 0.3 is 0 Å². The largest absolute Gasteiger partial charge is 0.290 e. The molecular weight excluding hydrogens is 184 g/mol. The van der Waals surface area contributed by atoms with E-state index in [9.17, 15) is 5.11 Å². The normalized spacial score (nSPS) is 10.1. The van der Waals surface area contributed by atoms with Crippen LogP contribution in [-0.4, -0.2) is 0 Å². The number of rotatable bonds is 2. The molecular formula is C11H12ClO. The topological polar surface area (TPSA) is 19.9 Å². The zero-order valence-corrected chi connectivity index (χ0v) is 8.61. The van der Waals surface area contributed by atoms with Gasteiger partial charge in [0.15, 0.2) is 5.75 Å². The molecule has 1 aromatic rings. The maximum atomic E-state index is 11.5. The third kappa shape index (κ3) is 1.86. The summed E-state index contributed by atoms with van der Waals surface area (Å²) in [7, 11) is 0. The molecule has 0 aliphatic rings. The summed E-state index contributed by atoms with van der Waals surface area (Å²) in [5.41, 5.74) is 2.48. The Balaban J connectivity index is 3.34. The number of allylic oxidation sites excluding steroid dienone is 1. The summed E-state index contributed by atoms with van der Waals surface area (Å²) in [6, 6.07) is 1.58. The Morgan fingerprint density at radius 1 is 1.54 bits per heavy atom. The van der Waals surface area contributed by atoms with E-state index in [-0.39, 0.29) is 5.75 Å². The third-order valence-corrected chi connectivity index (χ3v) is 2.70. The van der Waals surface area contributed by atoms with Crippen LogP contribution in [0.2, 0.25) is 5.02 Å². The van der Waals surface area contributed by atoms with E-state index in [1.807, 2.05) is 13.8 Å². The predicted molar refractivity (Wildman–Crippen MR) is 55.0 cm³/mol. The van der Waals surface area contributed by atoms with E-state index in [1.165, 1.54) is 0 Å². The van der Waals surface area contributed by atoms with Gasteiger partial charge in [0, 0.05) is 10.6 Å². The Bertz CT molecular complexity index is 342. The monoisotopic (exact) mass is 195 g/mol. The number of hydrogen-bond acceptors (Lipinski definition) is 0. The molecule has 0 bridgehead atoms. The molecule has 1 nitrogen and oxygen atoms in total. The van der Waals surface area contributed by atoms with E-state index >= 15 is 0 Å². The lowest BCUT2D eigenvalue weighted by atomic mass is 10.0. The summed E-state index contributed by atoms with van der Waals surface area (Å²) in [6.07, 6.45) is 2.31. The molecule has 0 spiro atoms. The van der Waals surface area contributed by atoms with Gasteiger partial charge in [0.1, 0.15) is 0 Å². The molecule has 0 heterocycles. The average Bonchev–Trinajstić information content (AvgIpc) is 2.09. The number of halogens is 1. The first-order chi connectivity index (χ1) is 6.07. The van der Waals surface area contributed by atoms with Crippen LogP contribution in [0.25, 0.3) is 0 Å². The lowest BCUT2D eigenvalue weighted by Gasteiger charge is -2.08. The van der Waals surface area contributed by atoms with E-state index in [0.29, 0.717) is 11.4 Å². The molecule has 1 rings (SSSR count). The van der Waals surface area contributed by atoms with Crippen LogP contribution < -0.4 is 0 Å². The average molecular weight is 196 g/mol. The standard InChI is InChI=1S/C11H12ClO/c1-4-5-9-8(3)11(12)7(2)6-10(9)13/h4,6H,1,5H2,2-3H3. The van der Waals surface area contributed by atoms with Crippen LogP contribution in [0.3, 0.4) is 0 Å². The van der Waals surface area contributed by atoms with Crippen molar-refractivity contribution in [2.75, 3.05) is 0 Å². The summed E-state index contributed by atoms with van der Waals surface area (Å²) in [4.78, 5) is 0. The van der Waals surface area contributed by atoms with Crippen LogP contribution in [0.1, 0.15) is 16.7 Å². The van der Waals surface area contributed by atoms with Gasteiger partial charge in [0.2, 0.25) is 0 Å². The molecule has 0 aromatic heterocycles. The Kier molecular flexibility index (Phi) is 2.99. The van der Waals surface area contributed by atoms with Crippen LogP contribution >= 0.6 is 11.6 Å². The van der Waals surface area contributed by atoms with Crippen molar-refractivity contribution in [2.45, 2.75) is 20.3 Å². The highest BCUT2D eigenvalue weighted by molar-refractivity contribution is 6.32. The minimum absolute atomic E-state index is 0.0549. The molecule has 69 valence electrons. The molecule has 0 atom stereocenters. The summed E-state index contributed by atoms with van der Waals surface area (Å²) in [6.45, 7) is 7.32. The number of aryl methyl sites for hydroxylation is 1. The SMILES string of the molecule is C=CCc1c([O])cc(C)c(Cl)c1C. The zero-order valence-electron chi connectivity index (χ0n) is 7.86. The molecule has 0 aliphatic carbocycles. The molecule has 13 heavy (non-hydrogen) atoms. The van der Waals surface area contributed by atoms with Gasteiger partial charge in [0.25, 0.3) is 0 Å². The molecule has 0 amide bonds. The second kappa shape index (κ2) is 3.84. The maximum Gasteiger partial charge on any atom is 0.182 e. The number of hydrogen-bond donors (Lipinski definition) is 0. The lowest BCUT2D eigenvalue weighted by Crippen LogP contribution is -1.91. The smallest absolute Gasteiger partial charge is 0.182 e. The molecule has 0 saturated carbocycles. The Morgan fingerprint density at radius 3 is 2.69 bits per heavy atom. The summed E-state index contributed by atoms with van der Waals surface area (Å²) in [5.74, 6) is 0.0549. The van der Waals surface area contributed by atoms with Crippen molar-refractivity contribution < 1.29 is 5.11 Å². The second-order valence-corrected chi connectivity index (χ2v) is 3.48. The molecule has 1 radical (unpaired) electrons. The lowest BCUT2D eigenvalue weighted by molar-refractivity contribution is 0.350. The quantitative estimate of drug-likeness (QED) is 0.640. The highest BCUT2D eigenvalue weighted by atomic mass is 35.5. The first-order valence-corrected chi connectivity index (χ1v) is 4.52. The van der Waals surface area contributed by atoms with Crippen molar-refractivity contribution in [3.05, 3.63) is 40.4 Å². The van der Waals surface area contributed by atoms with Gasteiger partial charge < -0.3 is 0 Å². The fourth-order valence-corrected chi connectivity index (χ4v) is 1.53. The summed E-state index contributed by atoms with van der Waals surface area (Å²) < 4.78 is 0. The van der Waals surface area contributed by atoms with Gasteiger partial charge in [0.05, 0.1) is 0 Å². The van der Waals surface area contributed by atoms with Crippen LogP contribution in [-0.2, 0) is 11.5 Å². The van der Waals surface area contributed by atoms with Crippen molar-refractivity contribution in [1.82, 2.24) is 0 Å². The first kappa shape index (κ1) is 10.1. The molecule has 2 heteroatoms. The molecule has 0 saturated heterocycles. The van der Waals surface area contributed by atoms with Crippen molar-refractivity contribution in [1.29, 1.82) is 0 Å². The Labute approximate surface area is 83.7 Å². The minimum atomic E-state index is 0.0549. The maximum absolute atomic E-state index is 11.5. The van der Waals surface area contributed by atoms with Crippen molar-refractivity contribution in [3.8, 4) is 5.75 Å². The summed E-state index contributed by atoms with van der Waals surface area (Å²) >= 11 is 6.02. The highest BCUT2D eigenvalue weighted by Crippen LogP contribution is 2.31. The van der Waals surface area contributed by atoms with E-state index in [1.54, 1.807) is 12.1 Å². The fourth-order valence-electron chi connectivity index (χ4n) is 1.36. The molecule has 0 N–H and O–H groups in total. The van der Waals surface area contributed by atoms with Crippen molar-refractivity contribution >= 4 is 11.6 Å². The second-order valence-electron chi connectivity index (χ2n) is 3.10. The molecule has 0 aliphatic heterocycles. The van der Waals surface area contributed by atoms with Crippen LogP contribution in [0.5, 0.6) is 5.75 Å². The van der Waals surface area contributed by atoms with Gasteiger partial charge in [-0.2, -0.15) is 0 Å². The van der Waals surface area contributed by atoms with Gasteiger partial charge in [-0.05, 0) is 37.5 Å². The van der Waals surface area contributed by atoms with Gasteiger partial charge in [-0.25, -0.2) is 0 Å². The van der Waals surface area contributed by atoms with Gasteiger partial charge in [-0.3, -0.25) is 5.11 Å². The first-order valence-electron chi connectivity index (χ1n) is 4.14. The van der Waals surface area contributed by atoms with Gasteiger partial charge in [-0.1, -0.05) is 17.7 Å². The molecule has 0 unspecified atom stereocenters. The van der Waals surface area contributed by atoms with E-state index in [0.717, 1.165) is 16.7 Å². The van der Waals surface area contributed by atoms with Gasteiger partial charge in [-0.15, -0.1) is 6.58 Å². The van der Waals surface area contributed by atoms with E-state index in [4.69, 9.17) is 11.6 Å². The van der Waals surface area contributed by atoms with Crippen LogP contribution in [0.4, 0.5) is 0 Å². The third-order valence-electron chi connectivity index (χ3n) is 2.12. The van der Waals surface area contributed by atoms with E-state index < -0.39 is 0 Å². The zero-order chi connectivity index (χ0) is 10.0. The van der Waals surface area contributed by atoms with Crippen LogP contribution in [0, 0.1) is 13.8 Å². The molecule has 1 aromatic carbocycles. The fraction of sp³-hybridized carbons (Fsp3) is 0.273. The Hall–Kier alpha value is -0.950. The predicted octanol–water partition coefficient (Wildman–Crippen LogP) is 3.83. The molecule has 0 fully saturated rings. The number of benzene rings is 1. The highest BCUT2D eigenvalue weighted by Gasteiger charge is 2.10. The van der Waals surface area contributed by atoms with Crippen molar-refractivity contribution in [2.24, 2.45) is 0 Å². The summed E-state index contributed by atoms with van der Waals surface area (Å²) in [5, 5.41) is 12.2.